The van der Waals surface area contributed by atoms with E-state index >= 15 is 0 Å². The molecule has 0 N–H and O–H groups in total. The number of carbonyl (C=O) groups excluding carboxylic acids is 2. The summed E-state index contributed by atoms with van der Waals surface area (Å²) in [5.74, 6) is 1.56. The predicted octanol–water partition coefficient (Wildman–Crippen LogP) is 5.83. The summed E-state index contributed by atoms with van der Waals surface area (Å²) in [4.78, 5) is 24.6. The van der Waals surface area contributed by atoms with Gasteiger partial charge in [-0.05, 0) is 44.9 Å². The highest BCUT2D eigenvalue weighted by Crippen LogP contribution is 2.31. The number of esters is 1. The molecule has 0 radical (unpaired) electrons. The molecule has 0 bridgehead atoms. The molecule has 29 heavy (non-hydrogen) atoms. The minimum absolute atomic E-state index is 0.00136. The van der Waals surface area contributed by atoms with E-state index in [2.05, 4.69) is 48.1 Å². The van der Waals surface area contributed by atoms with E-state index in [1.54, 1.807) is 7.11 Å². The average molecular weight is 414 g/mol. The Labute approximate surface area is 180 Å². The monoisotopic (exact) mass is 413 g/mol. The van der Waals surface area contributed by atoms with E-state index in [-0.39, 0.29) is 34.9 Å². The third-order valence-corrected chi connectivity index (χ3v) is 4.29. The Bertz CT molecular complexity index is 509. The minimum atomic E-state index is -0.328. The van der Waals surface area contributed by atoms with Gasteiger partial charge in [-0.15, -0.1) is 0 Å². The van der Waals surface area contributed by atoms with Crippen molar-refractivity contribution in [1.82, 2.24) is 4.90 Å². The summed E-state index contributed by atoms with van der Waals surface area (Å²) in [5.41, 5.74) is -0.329. The van der Waals surface area contributed by atoms with Crippen molar-refractivity contribution in [3.63, 3.8) is 0 Å². The second-order valence-electron chi connectivity index (χ2n) is 10.4. The molecule has 5 nitrogen and oxygen atoms in total. The molecule has 0 aliphatic carbocycles. The summed E-state index contributed by atoms with van der Waals surface area (Å²) >= 11 is 0. The van der Waals surface area contributed by atoms with Gasteiger partial charge in [0.25, 0.3) is 0 Å². The number of hydrogen-bond donors (Lipinski definition) is 0. The quantitative estimate of drug-likeness (QED) is 0.431. The Morgan fingerprint density at radius 2 is 1.48 bits per heavy atom. The van der Waals surface area contributed by atoms with Crippen LogP contribution in [0.3, 0.4) is 0 Å². The Balaban J connectivity index is 0. The van der Waals surface area contributed by atoms with Crippen molar-refractivity contribution in [2.75, 3.05) is 13.7 Å². The van der Waals surface area contributed by atoms with Crippen molar-refractivity contribution < 1.29 is 19.1 Å². The van der Waals surface area contributed by atoms with Crippen molar-refractivity contribution in [2.24, 2.45) is 17.3 Å². The normalized spacial score (nSPS) is 17.4. The fourth-order valence-electron chi connectivity index (χ4n) is 2.55. The minimum Gasteiger partial charge on any atom is -0.500 e. The standard InChI is InChI=1S/C14H25NO2.C6H12O2.C4H10/c1-10(14(3,4)5)13(16)15-9-7-8-12(15)11(2)17-6;1-5(7)8-6(2,3)4;1-4(2)3/h10,12H,2,7-9H2,1,3-6H3;1-4H3;4H,1-3H3/t10-,12?;;/m1../s1. The first kappa shape index (κ1) is 29.7. The van der Waals surface area contributed by atoms with Gasteiger partial charge in [-0.25, -0.2) is 0 Å². The zero-order valence-corrected chi connectivity index (χ0v) is 21.1. The van der Waals surface area contributed by atoms with Gasteiger partial charge in [-0.2, -0.15) is 0 Å². The van der Waals surface area contributed by atoms with Crippen LogP contribution in [-0.4, -0.2) is 42.1 Å². The Morgan fingerprint density at radius 1 is 1.03 bits per heavy atom. The first-order chi connectivity index (χ1) is 12.9. The predicted molar refractivity (Wildman–Crippen MR) is 122 cm³/mol. The molecular formula is C24H47NO4. The van der Waals surface area contributed by atoms with Crippen LogP contribution in [0, 0.1) is 17.3 Å². The largest absolute Gasteiger partial charge is 0.500 e. The first-order valence-electron chi connectivity index (χ1n) is 10.7. The number of ether oxygens (including phenoxy) is 2. The molecule has 1 saturated heterocycles. The summed E-state index contributed by atoms with van der Waals surface area (Å²) in [7, 11) is 1.62. The van der Waals surface area contributed by atoms with Crippen molar-refractivity contribution in [1.29, 1.82) is 0 Å². The maximum atomic E-state index is 12.5. The molecule has 1 aliphatic rings. The lowest BCUT2D eigenvalue weighted by atomic mass is 9.81. The molecule has 1 amide bonds. The SMILES string of the molecule is C=C(OC)C1CCCN1C(=O)[C@@H](C)C(C)(C)C.CC(=O)OC(C)(C)C.CC(C)C. The molecule has 2 atom stereocenters. The molecule has 1 fully saturated rings. The number of methoxy groups -OCH3 is 1. The van der Waals surface area contributed by atoms with Gasteiger partial charge < -0.3 is 14.4 Å². The van der Waals surface area contributed by atoms with Crippen LogP contribution in [0.25, 0.3) is 0 Å². The Kier molecular flexibility index (Phi) is 13.2. The third-order valence-electron chi connectivity index (χ3n) is 4.29. The van der Waals surface area contributed by atoms with E-state index in [0.717, 1.165) is 25.3 Å². The number of likely N-dealkylation sites (tertiary alicyclic amines) is 1. The molecule has 0 saturated carbocycles. The third kappa shape index (κ3) is 14.2. The molecule has 0 aromatic carbocycles. The van der Waals surface area contributed by atoms with Gasteiger partial charge in [-0.3, -0.25) is 9.59 Å². The van der Waals surface area contributed by atoms with Crippen LogP contribution >= 0.6 is 0 Å². The van der Waals surface area contributed by atoms with Crippen LogP contribution in [0.4, 0.5) is 0 Å². The van der Waals surface area contributed by atoms with Gasteiger partial charge in [0, 0.05) is 19.4 Å². The van der Waals surface area contributed by atoms with Crippen LogP contribution < -0.4 is 0 Å². The van der Waals surface area contributed by atoms with Crippen LogP contribution in [0.5, 0.6) is 0 Å². The van der Waals surface area contributed by atoms with Crippen molar-refractivity contribution in [3.05, 3.63) is 12.3 Å². The molecule has 0 aromatic heterocycles. The van der Waals surface area contributed by atoms with Gasteiger partial charge in [0.05, 0.1) is 13.2 Å². The fourth-order valence-corrected chi connectivity index (χ4v) is 2.55. The molecule has 1 unspecified atom stereocenters. The Hall–Kier alpha value is -1.52. The van der Waals surface area contributed by atoms with Gasteiger partial charge in [-0.1, -0.05) is 55.0 Å². The van der Waals surface area contributed by atoms with Gasteiger partial charge >= 0.3 is 5.97 Å². The van der Waals surface area contributed by atoms with E-state index in [1.807, 2.05) is 32.6 Å². The second kappa shape index (κ2) is 12.9. The summed E-state index contributed by atoms with van der Waals surface area (Å²) in [6, 6.07) is 0.0669. The fraction of sp³-hybridized carbons (Fsp3) is 0.833. The molecule has 1 heterocycles. The number of nitrogens with zero attached hydrogens (tertiary/aromatic N) is 1. The first-order valence-corrected chi connectivity index (χ1v) is 10.7. The van der Waals surface area contributed by atoms with E-state index in [1.165, 1.54) is 6.92 Å². The van der Waals surface area contributed by atoms with Crippen LogP contribution in [0.15, 0.2) is 12.3 Å². The zero-order chi connectivity index (χ0) is 23.6. The second-order valence-corrected chi connectivity index (χ2v) is 10.4. The van der Waals surface area contributed by atoms with Crippen LogP contribution in [-0.2, 0) is 19.1 Å². The van der Waals surface area contributed by atoms with Crippen molar-refractivity contribution in [2.45, 2.75) is 101 Å². The van der Waals surface area contributed by atoms with Crippen LogP contribution in [0.1, 0.15) is 89.0 Å². The zero-order valence-electron chi connectivity index (χ0n) is 21.1. The highest BCUT2D eigenvalue weighted by atomic mass is 16.6. The van der Waals surface area contributed by atoms with Gasteiger partial charge in [0.2, 0.25) is 5.91 Å². The smallest absolute Gasteiger partial charge is 0.303 e. The lowest BCUT2D eigenvalue weighted by Gasteiger charge is -2.33. The summed E-state index contributed by atoms with van der Waals surface area (Å²) < 4.78 is 9.99. The summed E-state index contributed by atoms with van der Waals surface area (Å²) in [5, 5.41) is 0. The molecule has 5 heteroatoms. The van der Waals surface area contributed by atoms with E-state index < -0.39 is 0 Å². The summed E-state index contributed by atoms with van der Waals surface area (Å²) in [6.07, 6.45) is 2.00. The number of hydrogen-bond acceptors (Lipinski definition) is 4. The molecule has 1 aliphatic heterocycles. The highest BCUT2D eigenvalue weighted by Gasteiger charge is 2.37. The highest BCUT2D eigenvalue weighted by molar-refractivity contribution is 5.80. The van der Waals surface area contributed by atoms with Gasteiger partial charge in [0.15, 0.2) is 0 Å². The van der Waals surface area contributed by atoms with Gasteiger partial charge in [0.1, 0.15) is 11.4 Å². The topological polar surface area (TPSA) is 55.8 Å². The van der Waals surface area contributed by atoms with E-state index in [4.69, 9.17) is 9.47 Å². The Morgan fingerprint density at radius 3 is 1.76 bits per heavy atom. The maximum absolute atomic E-state index is 12.5. The maximum Gasteiger partial charge on any atom is 0.303 e. The van der Waals surface area contributed by atoms with Crippen molar-refractivity contribution >= 4 is 11.9 Å². The lowest BCUT2D eigenvalue weighted by molar-refractivity contribution is -0.151. The van der Waals surface area contributed by atoms with Crippen molar-refractivity contribution in [3.8, 4) is 0 Å². The lowest BCUT2D eigenvalue weighted by Crippen LogP contribution is -2.43. The molecule has 172 valence electrons. The van der Waals surface area contributed by atoms with E-state index in [0.29, 0.717) is 5.76 Å². The number of carbonyl (C=O) groups is 2. The molecular weight excluding hydrogens is 366 g/mol. The summed E-state index contributed by atoms with van der Waals surface area (Å²) in [6.45, 7) is 26.5. The van der Waals surface area contributed by atoms with Crippen LogP contribution in [0.2, 0.25) is 0 Å². The molecule has 0 aromatic rings. The molecule has 1 rings (SSSR count). The number of rotatable bonds is 3. The van der Waals surface area contributed by atoms with E-state index in [9.17, 15) is 9.59 Å². The molecule has 0 spiro atoms. The average Bonchev–Trinajstić information content (AvgIpc) is 2.98. The number of amides is 1.